The molecule has 0 aliphatic carbocycles. The van der Waals surface area contributed by atoms with Crippen molar-refractivity contribution in [3.63, 3.8) is 0 Å². The number of amidine groups is 1. The normalized spacial score (nSPS) is 37.8. The number of aliphatic imine (C=N–C) groups is 2. The summed E-state index contributed by atoms with van der Waals surface area (Å²) in [6.45, 7) is -0.437. The van der Waals surface area contributed by atoms with Gasteiger partial charge in [0.15, 0.2) is 5.71 Å². The topological polar surface area (TPSA) is 152 Å². The van der Waals surface area contributed by atoms with Crippen molar-refractivity contribution in [2.24, 2.45) is 25.3 Å². The SMILES string of the molecule is OC[C@H]1O[C@@H](C2=NN=C3C(=NO)N=CN=C32)[C@H](O)[C@@H]1O. The Hall–Kier alpha value is -2.01. The lowest BCUT2D eigenvalue weighted by molar-refractivity contribution is -0.00981. The Morgan fingerprint density at radius 2 is 2.00 bits per heavy atom. The van der Waals surface area contributed by atoms with Gasteiger partial charge in [0.05, 0.1) is 6.61 Å². The van der Waals surface area contributed by atoms with Crippen molar-refractivity contribution in [3.05, 3.63) is 0 Å². The first-order valence-electron chi connectivity index (χ1n) is 5.79. The molecule has 20 heavy (non-hydrogen) atoms. The van der Waals surface area contributed by atoms with E-state index < -0.39 is 31.0 Å². The van der Waals surface area contributed by atoms with Crippen LogP contribution in [0.15, 0.2) is 25.3 Å². The number of nitrogens with zero attached hydrogens (tertiary/aromatic N) is 5. The Morgan fingerprint density at radius 1 is 1.20 bits per heavy atom. The van der Waals surface area contributed by atoms with Crippen molar-refractivity contribution in [1.29, 1.82) is 0 Å². The zero-order valence-electron chi connectivity index (χ0n) is 10.0. The van der Waals surface area contributed by atoms with Crippen molar-refractivity contribution in [3.8, 4) is 0 Å². The molecule has 0 radical (unpaired) electrons. The van der Waals surface area contributed by atoms with E-state index in [1.165, 1.54) is 0 Å². The van der Waals surface area contributed by atoms with Gasteiger partial charge in [-0.2, -0.15) is 0 Å². The molecule has 10 nitrogen and oxygen atoms in total. The van der Waals surface area contributed by atoms with Crippen molar-refractivity contribution in [2.45, 2.75) is 24.4 Å². The van der Waals surface area contributed by atoms with Crippen LogP contribution in [0.25, 0.3) is 0 Å². The third-order valence-electron chi connectivity index (χ3n) is 3.21. The predicted molar refractivity (Wildman–Crippen MR) is 67.8 cm³/mol. The average molecular weight is 281 g/mol. The van der Waals surface area contributed by atoms with Gasteiger partial charge in [-0.05, 0) is 0 Å². The van der Waals surface area contributed by atoms with Crippen LogP contribution < -0.4 is 0 Å². The highest BCUT2D eigenvalue weighted by Crippen LogP contribution is 2.25. The minimum atomic E-state index is -1.27. The molecule has 4 N–H and O–H groups in total. The summed E-state index contributed by atoms with van der Waals surface area (Å²) in [5.74, 6) is -0.0551. The Bertz CT molecular complexity index is 581. The molecule has 0 spiro atoms. The monoisotopic (exact) mass is 281 g/mol. The number of hydrogen-bond donors (Lipinski definition) is 4. The molecule has 10 heteroatoms. The molecule has 3 heterocycles. The van der Waals surface area contributed by atoms with E-state index in [0.717, 1.165) is 6.34 Å². The van der Waals surface area contributed by atoms with E-state index >= 15 is 0 Å². The third kappa shape index (κ3) is 1.78. The molecule has 106 valence electrons. The highest BCUT2D eigenvalue weighted by Gasteiger charge is 2.48. The maximum Gasteiger partial charge on any atom is 0.222 e. The molecule has 0 bridgehead atoms. The number of rotatable bonds is 2. The highest BCUT2D eigenvalue weighted by atomic mass is 16.6. The molecule has 0 amide bonds. The van der Waals surface area contributed by atoms with Crippen LogP contribution in [0.2, 0.25) is 0 Å². The summed E-state index contributed by atoms with van der Waals surface area (Å²) < 4.78 is 5.36. The molecular formula is C10H11N5O5. The fourth-order valence-electron chi connectivity index (χ4n) is 2.19. The lowest BCUT2D eigenvalue weighted by atomic mass is 9.99. The molecule has 0 saturated carbocycles. The number of oxime groups is 1. The molecule has 0 aromatic rings. The lowest BCUT2D eigenvalue weighted by Crippen LogP contribution is -2.42. The number of aliphatic hydroxyl groups excluding tert-OH is 3. The van der Waals surface area contributed by atoms with Gasteiger partial charge in [-0.25, -0.2) is 9.98 Å². The van der Waals surface area contributed by atoms with Crippen LogP contribution in [0, 0.1) is 0 Å². The van der Waals surface area contributed by atoms with Gasteiger partial charge < -0.3 is 25.3 Å². The first kappa shape index (κ1) is 13.0. The smallest absolute Gasteiger partial charge is 0.222 e. The van der Waals surface area contributed by atoms with Crippen LogP contribution >= 0.6 is 0 Å². The van der Waals surface area contributed by atoms with Crippen molar-refractivity contribution < 1.29 is 25.3 Å². The Balaban J connectivity index is 1.88. The Labute approximate surface area is 112 Å². The molecule has 4 atom stereocenters. The summed E-state index contributed by atoms with van der Waals surface area (Å²) in [6, 6.07) is 0. The lowest BCUT2D eigenvalue weighted by Gasteiger charge is -2.15. The van der Waals surface area contributed by atoms with E-state index in [0.29, 0.717) is 0 Å². The van der Waals surface area contributed by atoms with Crippen LogP contribution in [-0.2, 0) is 4.74 Å². The molecule has 0 aromatic carbocycles. The molecule has 1 saturated heterocycles. The number of hydrogen-bond acceptors (Lipinski definition) is 9. The van der Waals surface area contributed by atoms with Crippen molar-refractivity contribution in [2.75, 3.05) is 6.61 Å². The summed E-state index contributed by atoms with van der Waals surface area (Å²) in [5.41, 5.74) is 0.597. The zero-order valence-corrected chi connectivity index (χ0v) is 10.0. The van der Waals surface area contributed by atoms with Crippen LogP contribution in [0.4, 0.5) is 0 Å². The highest BCUT2D eigenvalue weighted by molar-refractivity contribution is 6.85. The van der Waals surface area contributed by atoms with Crippen LogP contribution in [0.1, 0.15) is 0 Å². The number of aliphatic hydroxyl groups is 3. The van der Waals surface area contributed by atoms with Crippen LogP contribution in [0.3, 0.4) is 0 Å². The molecule has 3 aliphatic rings. The summed E-state index contributed by atoms with van der Waals surface area (Å²) >= 11 is 0. The van der Waals surface area contributed by atoms with E-state index in [4.69, 9.17) is 15.1 Å². The van der Waals surface area contributed by atoms with Crippen LogP contribution in [-0.4, -0.2) is 80.9 Å². The molecule has 3 aliphatic heterocycles. The van der Waals surface area contributed by atoms with Gasteiger partial charge in [-0.1, -0.05) is 5.16 Å². The standard InChI is InChI=1S/C10H11N5O5/c16-1-3-7(17)8(18)9(20-3)5-4-6(14-13-5)10(15-19)12-2-11-4/h2-3,7-9,16-19H,1H2/t3-,7-,8-,9+/m1/s1. The molecular weight excluding hydrogens is 270 g/mol. The van der Waals surface area contributed by atoms with E-state index in [2.05, 4.69) is 25.3 Å². The van der Waals surface area contributed by atoms with Crippen LogP contribution in [0.5, 0.6) is 0 Å². The van der Waals surface area contributed by atoms with Gasteiger partial charge in [0.25, 0.3) is 0 Å². The summed E-state index contributed by atoms with van der Waals surface area (Å²) in [6.07, 6.45) is -3.23. The van der Waals surface area contributed by atoms with Gasteiger partial charge >= 0.3 is 0 Å². The second-order valence-corrected chi connectivity index (χ2v) is 4.34. The third-order valence-corrected chi connectivity index (χ3v) is 3.21. The van der Waals surface area contributed by atoms with Crippen molar-refractivity contribution >= 4 is 29.3 Å². The van der Waals surface area contributed by atoms with Gasteiger partial charge in [-0.15, -0.1) is 10.2 Å². The number of ether oxygens (including phenoxy) is 1. The van der Waals surface area contributed by atoms with Gasteiger partial charge in [0, 0.05) is 0 Å². The summed E-state index contributed by atoms with van der Waals surface area (Å²) in [5, 5.41) is 48.1. The molecule has 0 aromatic heterocycles. The van der Waals surface area contributed by atoms with E-state index in [-0.39, 0.29) is 23.0 Å². The maximum atomic E-state index is 9.95. The van der Waals surface area contributed by atoms with Gasteiger partial charge in [-0.3, -0.25) is 0 Å². The maximum absolute atomic E-state index is 9.95. The average Bonchev–Trinajstić information content (AvgIpc) is 3.01. The van der Waals surface area contributed by atoms with E-state index in [1.807, 2.05) is 0 Å². The Kier molecular flexibility index (Phi) is 3.14. The van der Waals surface area contributed by atoms with Gasteiger partial charge in [0.1, 0.15) is 42.2 Å². The van der Waals surface area contributed by atoms with Gasteiger partial charge in [0.2, 0.25) is 5.84 Å². The van der Waals surface area contributed by atoms with Crippen molar-refractivity contribution in [1.82, 2.24) is 0 Å². The van der Waals surface area contributed by atoms with E-state index in [9.17, 15) is 10.2 Å². The second-order valence-electron chi connectivity index (χ2n) is 4.34. The first-order chi connectivity index (χ1) is 9.67. The summed E-state index contributed by atoms with van der Waals surface area (Å²) in [4.78, 5) is 7.67. The molecule has 1 fully saturated rings. The molecule has 3 rings (SSSR count). The quantitative estimate of drug-likeness (QED) is 0.327. The minimum absolute atomic E-state index is 0.0551. The fourth-order valence-corrected chi connectivity index (χ4v) is 2.19. The fraction of sp³-hybridized carbons (Fsp3) is 0.500. The minimum Gasteiger partial charge on any atom is -0.409 e. The zero-order chi connectivity index (χ0) is 14.3. The second kappa shape index (κ2) is 4.83. The van der Waals surface area contributed by atoms with E-state index in [1.54, 1.807) is 0 Å². The summed E-state index contributed by atoms with van der Waals surface area (Å²) in [7, 11) is 0. The molecule has 0 unspecified atom stereocenters. The predicted octanol–water partition coefficient (Wildman–Crippen LogP) is -2.45. The largest absolute Gasteiger partial charge is 0.409 e. The first-order valence-corrected chi connectivity index (χ1v) is 5.79. The Morgan fingerprint density at radius 3 is 2.65 bits per heavy atom. The number of fused-ring (bicyclic) bond motifs is 1.